The van der Waals surface area contributed by atoms with Gasteiger partial charge in [-0.25, -0.2) is 9.97 Å². The number of fused-ring (bicyclic) bond motifs is 2. The van der Waals surface area contributed by atoms with Crippen molar-refractivity contribution in [1.82, 2.24) is 24.6 Å². The average Bonchev–Trinajstić information content (AvgIpc) is 3.35. The van der Waals surface area contributed by atoms with Gasteiger partial charge in [-0.2, -0.15) is 0 Å². The number of pyridine rings is 1. The lowest BCUT2D eigenvalue weighted by molar-refractivity contribution is 0.0946. The van der Waals surface area contributed by atoms with Crippen LogP contribution in [-0.4, -0.2) is 51.4 Å². The minimum atomic E-state index is -0.109. The normalized spacial score (nSPS) is 11.6. The number of nitrogens with one attached hydrogen (secondary N) is 1. The first kappa shape index (κ1) is 20.1. The van der Waals surface area contributed by atoms with Crippen LogP contribution in [0, 0.1) is 6.92 Å². The van der Waals surface area contributed by atoms with E-state index in [0.717, 1.165) is 53.9 Å². The number of aromatic nitrogens is 3. The Labute approximate surface area is 175 Å². The predicted molar refractivity (Wildman–Crippen MR) is 118 cm³/mol. The summed E-state index contributed by atoms with van der Waals surface area (Å²) in [5.41, 5.74) is 4.86. The second-order valence-corrected chi connectivity index (χ2v) is 7.34. The van der Waals surface area contributed by atoms with Crippen LogP contribution >= 0.6 is 0 Å². The lowest BCUT2D eigenvalue weighted by atomic mass is 10.1. The van der Waals surface area contributed by atoms with Crippen LogP contribution in [0.2, 0.25) is 0 Å². The van der Waals surface area contributed by atoms with Gasteiger partial charge in [-0.3, -0.25) is 9.20 Å². The molecular formula is C23H27N5O2. The number of oxazole rings is 1. The molecule has 4 aromatic rings. The molecule has 7 heteroatoms. The Morgan fingerprint density at radius 3 is 2.77 bits per heavy atom. The van der Waals surface area contributed by atoms with Crippen LogP contribution in [0.15, 0.2) is 47.1 Å². The Hall–Kier alpha value is -3.19. The molecule has 1 aromatic carbocycles. The number of benzene rings is 1. The lowest BCUT2D eigenvalue weighted by Gasteiger charge is -2.17. The van der Waals surface area contributed by atoms with Gasteiger partial charge < -0.3 is 14.6 Å². The molecule has 0 unspecified atom stereocenters. The molecule has 0 saturated heterocycles. The summed E-state index contributed by atoms with van der Waals surface area (Å²) in [4.78, 5) is 23.9. The molecule has 30 heavy (non-hydrogen) atoms. The number of nitrogens with zero attached hydrogens (tertiary/aromatic N) is 4. The van der Waals surface area contributed by atoms with E-state index in [2.05, 4.69) is 34.0 Å². The third-order valence-corrected chi connectivity index (χ3v) is 5.40. The SMILES string of the molecule is CCN(CC)CCCNC(=O)c1cnc2ccc(-c3ccc4oc(C)nc4c3)cn12. The molecule has 0 aliphatic heterocycles. The van der Waals surface area contributed by atoms with Crippen molar-refractivity contribution < 1.29 is 9.21 Å². The monoisotopic (exact) mass is 405 g/mol. The van der Waals surface area contributed by atoms with Gasteiger partial charge in [0.2, 0.25) is 0 Å². The minimum absolute atomic E-state index is 0.109. The van der Waals surface area contributed by atoms with E-state index in [1.807, 2.05) is 47.9 Å². The Kier molecular flexibility index (Phi) is 5.81. The quantitative estimate of drug-likeness (QED) is 0.450. The fourth-order valence-electron chi connectivity index (χ4n) is 3.68. The van der Waals surface area contributed by atoms with Crippen molar-refractivity contribution in [3.63, 3.8) is 0 Å². The Balaban J connectivity index is 1.52. The molecule has 0 aliphatic rings. The fourth-order valence-corrected chi connectivity index (χ4v) is 3.68. The smallest absolute Gasteiger partial charge is 0.269 e. The van der Waals surface area contributed by atoms with Crippen molar-refractivity contribution in [2.45, 2.75) is 27.2 Å². The van der Waals surface area contributed by atoms with E-state index in [-0.39, 0.29) is 5.91 Å². The van der Waals surface area contributed by atoms with E-state index in [9.17, 15) is 4.79 Å². The zero-order chi connectivity index (χ0) is 21.1. The lowest BCUT2D eigenvalue weighted by Crippen LogP contribution is -2.30. The molecule has 0 radical (unpaired) electrons. The Bertz CT molecular complexity index is 1170. The maximum absolute atomic E-state index is 12.7. The van der Waals surface area contributed by atoms with E-state index in [4.69, 9.17) is 4.42 Å². The highest BCUT2D eigenvalue weighted by atomic mass is 16.3. The van der Waals surface area contributed by atoms with Crippen molar-refractivity contribution in [3.8, 4) is 11.1 Å². The van der Waals surface area contributed by atoms with Crippen molar-refractivity contribution in [1.29, 1.82) is 0 Å². The molecule has 7 nitrogen and oxygen atoms in total. The van der Waals surface area contributed by atoms with E-state index >= 15 is 0 Å². The molecular weight excluding hydrogens is 378 g/mol. The van der Waals surface area contributed by atoms with Crippen molar-refractivity contribution in [3.05, 3.63) is 54.3 Å². The summed E-state index contributed by atoms with van der Waals surface area (Å²) in [6.07, 6.45) is 4.50. The molecule has 4 rings (SSSR count). The van der Waals surface area contributed by atoms with Crippen LogP contribution in [0.3, 0.4) is 0 Å². The summed E-state index contributed by atoms with van der Waals surface area (Å²) in [5, 5.41) is 3.02. The van der Waals surface area contributed by atoms with Gasteiger partial charge in [0, 0.05) is 19.7 Å². The van der Waals surface area contributed by atoms with Gasteiger partial charge in [-0.15, -0.1) is 0 Å². The number of carbonyl (C=O) groups excluding carboxylic acids is 1. The number of hydrogen-bond acceptors (Lipinski definition) is 5. The van der Waals surface area contributed by atoms with Gasteiger partial charge >= 0.3 is 0 Å². The van der Waals surface area contributed by atoms with E-state index in [0.29, 0.717) is 18.1 Å². The standard InChI is InChI=1S/C23H27N5O2/c1-4-27(5-2)12-6-11-24-23(29)20-14-25-22-10-8-18(15-28(20)22)17-7-9-21-19(13-17)26-16(3)30-21/h7-10,13-15H,4-6,11-12H2,1-3H3,(H,24,29). The fraction of sp³-hybridized carbons (Fsp3) is 0.348. The molecule has 0 bridgehead atoms. The Morgan fingerprint density at radius 1 is 1.17 bits per heavy atom. The number of hydrogen-bond donors (Lipinski definition) is 1. The van der Waals surface area contributed by atoms with E-state index in [1.54, 1.807) is 6.20 Å². The second kappa shape index (κ2) is 8.67. The molecule has 0 atom stereocenters. The van der Waals surface area contributed by atoms with Crippen molar-refractivity contribution in [2.24, 2.45) is 0 Å². The number of amides is 1. The van der Waals surface area contributed by atoms with Crippen LogP contribution in [0.25, 0.3) is 27.9 Å². The Morgan fingerprint density at radius 2 is 1.97 bits per heavy atom. The van der Waals surface area contributed by atoms with Crippen molar-refractivity contribution in [2.75, 3.05) is 26.2 Å². The predicted octanol–water partition coefficient (Wildman–Crippen LogP) is 3.91. The third-order valence-electron chi connectivity index (χ3n) is 5.40. The molecule has 0 fully saturated rings. The molecule has 1 N–H and O–H groups in total. The van der Waals surface area contributed by atoms with E-state index < -0.39 is 0 Å². The first-order chi connectivity index (χ1) is 14.6. The summed E-state index contributed by atoms with van der Waals surface area (Å²) in [7, 11) is 0. The van der Waals surface area contributed by atoms with Gasteiger partial charge in [-0.05, 0) is 61.4 Å². The highest BCUT2D eigenvalue weighted by molar-refractivity contribution is 5.93. The van der Waals surface area contributed by atoms with Crippen LogP contribution in [0.5, 0.6) is 0 Å². The minimum Gasteiger partial charge on any atom is -0.441 e. The molecule has 156 valence electrons. The van der Waals surface area contributed by atoms with Gasteiger partial charge in [0.1, 0.15) is 16.9 Å². The first-order valence-electron chi connectivity index (χ1n) is 10.4. The maximum atomic E-state index is 12.7. The molecule has 0 saturated carbocycles. The van der Waals surface area contributed by atoms with Crippen LogP contribution in [0.4, 0.5) is 0 Å². The zero-order valence-corrected chi connectivity index (χ0v) is 17.7. The number of rotatable bonds is 8. The van der Waals surface area contributed by atoms with Crippen LogP contribution < -0.4 is 5.32 Å². The van der Waals surface area contributed by atoms with Gasteiger partial charge in [0.05, 0.1) is 6.20 Å². The summed E-state index contributed by atoms with van der Waals surface area (Å²) in [5.74, 6) is 0.536. The highest BCUT2D eigenvalue weighted by Crippen LogP contribution is 2.25. The maximum Gasteiger partial charge on any atom is 0.269 e. The molecule has 0 spiro atoms. The first-order valence-corrected chi connectivity index (χ1v) is 10.4. The average molecular weight is 406 g/mol. The number of carbonyl (C=O) groups is 1. The molecule has 0 aliphatic carbocycles. The second-order valence-electron chi connectivity index (χ2n) is 7.34. The summed E-state index contributed by atoms with van der Waals surface area (Å²) < 4.78 is 7.40. The number of imidazole rings is 1. The summed E-state index contributed by atoms with van der Waals surface area (Å²) >= 11 is 0. The number of aryl methyl sites for hydroxylation is 1. The molecule has 3 heterocycles. The topological polar surface area (TPSA) is 75.7 Å². The molecule has 3 aromatic heterocycles. The van der Waals surface area contributed by atoms with Crippen LogP contribution in [-0.2, 0) is 0 Å². The van der Waals surface area contributed by atoms with Gasteiger partial charge in [0.15, 0.2) is 11.5 Å². The summed E-state index contributed by atoms with van der Waals surface area (Å²) in [6.45, 7) is 9.82. The van der Waals surface area contributed by atoms with Crippen LogP contribution in [0.1, 0.15) is 36.6 Å². The summed E-state index contributed by atoms with van der Waals surface area (Å²) in [6, 6.07) is 9.84. The van der Waals surface area contributed by atoms with Crippen molar-refractivity contribution >= 4 is 22.7 Å². The highest BCUT2D eigenvalue weighted by Gasteiger charge is 2.13. The van der Waals surface area contributed by atoms with Gasteiger partial charge in [-0.1, -0.05) is 19.9 Å². The van der Waals surface area contributed by atoms with Gasteiger partial charge in [0.25, 0.3) is 5.91 Å². The zero-order valence-electron chi connectivity index (χ0n) is 17.7. The largest absolute Gasteiger partial charge is 0.441 e. The third kappa shape index (κ3) is 4.07. The van der Waals surface area contributed by atoms with E-state index in [1.165, 1.54) is 0 Å². The molecule has 1 amide bonds.